The Kier molecular flexibility index (Phi) is 3.94. The number of cyclic esters (lactones) is 2. The van der Waals surface area contributed by atoms with Crippen LogP contribution in [0.3, 0.4) is 0 Å². The van der Waals surface area contributed by atoms with Gasteiger partial charge < -0.3 is 9.47 Å². The molecular weight excluding hydrogens is 331 g/mol. The van der Waals surface area contributed by atoms with Gasteiger partial charge in [-0.25, -0.2) is 14.0 Å². The van der Waals surface area contributed by atoms with Crippen LogP contribution < -0.4 is 0 Å². The molecule has 1 aliphatic rings. The van der Waals surface area contributed by atoms with Gasteiger partial charge in [-0.05, 0) is 23.3 Å². The van der Waals surface area contributed by atoms with Gasteiger partial charge in [-0.15, -0.1) is 0 Å². The van der Waals surface area contributed by atoms with E-state index in [0.717, 1.165) is 0 Å². The fraction of sp³-hybridized carbons (Fsp3) is 0.286. The van der Waals surface area contributed by atoms with Crippen molar-refractivity contribution < 1.29 is 23.5 Å². The lowest BCUT2D eigenvalue weighted by molar-refractivity contribution is -0.222. The monoisotopic (exact) mass is 342 g/mol. The van der Waals surface area contributed by atoms with Gasteiger partial charge in [0.2, 0.25) is 0 Å². The molecule has 0 bridgehead atoms. The molecule has 0 saturated carbocycles. The summed E-state index contributed by atoms with van der Waals surface area (Å²) in [6.45, 7) is 2.92. The maximum Gasteiger partial charge on any atom is 0.348 e. The van der Waals surface area contributed by atoms with E-state index in [0.29, 0.717) is 16.5 Å². The lowest BCUT2D eigenvalue weighted by Gasteiger charge is -2.29. The zero-order valence-electron chi connectivity index (χ0n) is 10.9. The first kappa shape index (κ1) is 14.7. The Bertz CT molecular complexity index is 585. The summed E-state index contributed by atoms with van der Waals surface area (Å²) in [5.74, 6) is -3.27. The highest BCUT2D eigenvalue weighted by Gasteiger charge is 2.38. The quantitative estimate of drug-likeness (QED) is 0.359. The van der Waals surface area contributed by atoms with Gasteiger partial charge in [-0.3, -0.25) is 0 Å². The molecule has 0 atom stereocenters. The molecule has 4 nitrogen and oxygen atoms in total. The van der Waals surface area contributed by atoms with E-state index < -0.39 is 23.5 Å². The highest BCUT2D eigenvalue weighted by atomic mass is 79.9. The van der Waals surface area contributed by atoms with Crippen LogP contribution in [0.2, 0.25) is 0 Å². The van der Waals surface area contributed by atoms with E-state index in [-0.39, 0.29) is 5.57 Å². The molecule has 1 aromatic carbocycles. The standard InChI is InChI=1S/C14H12BrFO4/c1-14(2)19-12(17)10(13(18)20-14)5-8-3-4-9(7-15)11(16)6-8/h3-6H,7H2,1-2H3. The van der Waals surface area contributed by atoms with Gasteiger partial charge in [0.05, 0.1) is 0 Å². The molecule has 0 aromatic heterocycles. The van der Waals surface area contributed by atoms with Gasteiger partial charge in [-0.1, -0.05) is 28.1 Å². The summed E-state index contributed by atoms with van der Waals surface area (Å²) in [4.78, 5) is 23.5. The largest absolute Gasteiger partial charge is 0.419 e. The maximum atomic E-state index is 13.6. The fourth-order valence-electron chi connectivity index (χ4n) is 1.71. The fourth-order valence-corrected chi connectivity index (χ4v) is 2.16. The molecule has 0 radical (unpaired) electrons. The highest BCUT2D eigenvalue weighted by molar-refractivity contribution is 9.08. The Morgan fingerprint density at radius 1 is 1.25 bits per heavy atom. The Hall–Kier alpha value is -1.69. The Morgan fingerprint density at radius 2 is 1.85 bits per heavy atom. The predicted octanol–water partition coefficient (Wildman–Crippen LogP) is 2.94. The Balaban J connectivity index is 2.33. The van der Waals surface area contributed by atoms with E-state index in [4.69, 9.17) is 9.47 Å². The molecule has 0 N–H and O–H groups in total. The number of halogens is 2. The van der Waals surface area contributed by atoms with Crippen molar-refractivity contribution in [2.45, 2.75) is 25.0 Å². The third-order valence-electron chi connectivity index (χ3n) is 2.65. The molecule has 1 saturated heterocycles. The van der Waals surface area contributed by atoms with Gasteiger partial charge in [0.15, 0.2) is 0 Å². The van der Waals surface area contributed by atoms with Crippen LogP contribution in [0.25, 0.3) is 6.08 Å². The van der Waals surface area contributed by atoms with Gasteiger partial charge in [-0.2, -0.15) is 0 Å². The van der Waals surface area contributed by atoms with E-state index in [9.17, 15) is 14.0 Å². The van der Waals surface area contributed by atoms with Crippen LogP contribution in [-0.4, -0.2) is 17.7 Å². The minimum absolute atomic E-state index is 0.254. The maximum absolute atomic E-state index is 13.6. The normalized spacial score (nSPS) is 17.5. The van der Waals surface area contributed by atoms with Crippen molar-refractivity contribution in [3.05, 3.63) is 40.7 Å². The zero-order valence-corrected chi connectivity index (χ0v) is 12.5. The molecule has 6 heteroatoms. The zero-order chi connectivity index (χ0) is 14.9. The Morgan fingerprint density at radius 3 is 2.35 bits per heavy atom. The molecule has 106 valence electrons. The molecule has 0 amide bonds. The molecule has 0 spiro atoms. The third kappa shape index (κ3) is 3.07. The lowest BCUT2D eigenvalue weighted by Crippen LogP contribution is -2.41. The van der Waals surface area contributed by atoms with Crippen LogP contribution in [0.15, 0.2) is 23.8 Å². The van der Waals surface area contributed by atoms with E-state index >= 15 is 0 Å². The van der Waals surface area contributed by atoms with Gasteiger partial charge >= 0.3 is 11.9 Å². The van der Waals surface area contributed by atoms with Crippen molar-refractivity contribution in [3.63, 3.8) is 0 Å². The van der Waals surface area contributed by atoms with E-state index in [1.807, 2.05) is 0 Å². The molecule has 1 fully saturated rings. The Labute approximate surface area is 123 Å². The van der Waals surface area contributed by atoms with Crippen molar-refractivity contribution in [1.82, 2.24) is 0 Å². The first-order valence-electron chi connectivity index (χ1n) is 5.85. The highest BCUT2D eigenvalue weighted by Crippen LogP contribution is 2.24. The first-order chi connectivity index (χ1) is 9.32. The van der Waals surface area contributed by atoms with E-state index in [2.05, 4.69) is 15.9 Å². The second kappa shape index (κ2) is 5.36. The number of carbonyl (C=O) groups excluding carboxylic acids is 2. The first-order valence-corrected chi connectivity index (χ1v) is 6.97. The van der Waals surface area contributed by atoms with Crippen molar-refractivity contribution >= 4 is 33.9 Å². The SMILES string of the molecule is CC1(C)OC(=O)C(=Cc2ccc(CBr)c(F)c2)C(=O)O1. The minimum atomic E-state index is -1.28. The second-order valence-electron chi connectivity index (χ2n) is 4.72. The number of hydrogen-bond donors (Lipinski definition) is 0. The molecule has 20 heavy (non-hydrogen) atoms. The summed E-state index contributed by atoms with van der Waals surface area (Å²) in [6, 6.07) is 4.41. The topological polar surface area (TPSA) is 52.6 Å². The minimum Gasteiger partial charge on any atom is -0.419 e. The smallest absolute Gasteiger partial charge is 0.348 e. The van der Waals surface area contributed by atoms with Crippen LogP contribution in [-0.2, 0) is 24.4 Å². The molecule has 0 unspecified atom stereocenters. The number of carbonyl (C=O) groups is 2. The number of hydrogen-bond acceptors (Lipinski definition) is 4. The van der Waals surface area contributed by atoms with Crippen LogP contribution in [0, 0.1) is 5.82 Å². The summed E-state index contributed by atoms with van der Waals surface area (Å²) in [5, 5.41) is 0.383. The average Bonchev–Trinajstić information content (AvgIpc) is 2.33. The summed E-state index contributed by atoms with van der Waals surface area (Å²) in [5.41, 5.74) is 0.619. The van der Waals surface area contributed by atoms with Crippen LogP contribution >= 0.6 is 15.9 Å². The molecule has 0 aliphatic carbocycles. The molecule has 1 heterocycles. The summed E-state index contributed by atoms with van der Waals surface area (Å²) in [7, 11) is 0. The molecular formula is C14H12BrFO4. The number of benzene rings is 1. The van der Waals surface area contributed by atoms with Crippen LogP contribution in [0.4, 0.5) is 4.39 Å². The van der Waals surface area contributed by atoms with Gasteiger partial charge in [0.25, 0.3) is 5.79 Å². The van der Waals surface area contributed by atoms with E-state index in [1.54, 1.807) is 12.1 Å². The summed E-state index contributed by atoms with van der Waals surface area (Å²) in [6.07, 6.45) is 1.25. The molecule has 1 aliphatic heterocycles. The summed E-state index contributed by atoms with van der Waals surface area (Å²) >= 11 is 3.16. The summed E-state index contributed by atoms with van der Waals surface area (Å²) < 4.78 is 23.5. The number of rotatable bonds is 2. The predicted molar refractivity (Wildman–Crippen MR) is 73.3 cm³/mol. The van der Waals surface area contributed by atoms with E-state index in [1.165, 1.54) is 26.0 Å². The van der Waals surface area contributed by atoms with Crippen LogP contribution in [0.1, 0.15) is 25.0 Å². The molecule has 1 aromatic rings. The van der Waals surface area contributed by atoms with Crippen molar-refractivity contribution in [1.29, 1.82) is 0 Å². The lowest BCUT2D eigenvalue weighted by atomic mass is 10.1. The third-order valence-corrected chi connectivity index (χ3v) is 3.25. The van der Waals surface area contributed by atoms with Crippen molar-refractivity contribution in [2.75, 3.05) is 0 Å². The number of esters is 2. The second-order valence-corrected chi connectivity index (χ2v) is 5.28. The average molecular weight is 343 g/mol. The van der Waals surface area contributed by atoms with Crippen molar-refractivity contribution in [2.24, 2.45) is 0 Å². The van der Waals surface area contributed by atoms with Gasteiger partial charge in [0, 0.05) is 19.2 Å². The number of alkyl halides is 1. The molecule has 2 rings (SSSR count). The van der Waals surface area contributed by atoms with Crippen LogP contribution in [0.5, 0.6) is 0 Å². The van der Waals surface area contributed by atoms with Crippen molar-refractivity contribution in [3.8, 4) is 0 Å². The number of ether oxygens (including phenoxy) is 2. The van der Waals surface area contributed by atoms with Gasteiger partial charge in [0.1, 0.15) is 11.4 Å².